The number of nitrogens with one attached hydrogen (secondary N) is 1. The third-order valence-electron chi connectivity index (χ3n) is 1.76. The predicted octanol–water partition coefficient (Wildman–Crippen LogP) is -0.531. The highest BCUT2D eigenvalue weighted by atomic mass is 32.2. The molecule has 0 saturated heterocycles. The smallest absolute Gasteiger partial charge is 0.260 e. The number of nitrogens with zero attached hydrogens (tertiary/aromatic N) is 2. The summed E-state index contributed by atoms with van der Waals surface area (Å²) in [5, 5.41) is 8.91. The first-order chi connectivity index (χ1) is 6.77. The Labute approximate surface area is 89.0 Å². The monoisotopic (exact) mass is 233 g/mol. The summed E-state index contributed by atoms with van der Waals surface area (Å²) in [6.07, 6.45) is 2.80. The number of hydrogen-bond donors (Lipinski definition) is 2. The lowest BCUT2D eigenvalue weighted by Gasteiger charge is -2.22. The Morgan fingerprint density at radius 1 is 1.60 bits per heavy atom. The molecule has 0 aromatic carbocycles. The van der Waals surface area contributed by atoms with E-state index < -0.39 is 15.6 Å². The lowest BCUT2D eigenvalue weighted by Crippen LogP contribution is -2.46. The molecule has 0 fully saturated rings. The Balaban J connectivity index is 2.95. The molecule has 0 radical (unpaired) electrons. The second-order valence-electron chi connectivity index (χ2n) is 4.02. The van der Waals surface area contributed by atoms with Gasteiger partial charge in [-0.15, -0.1) is 0 Å². The molecular formula is C8H15N3O3S. The van der Waals surface area contributed by atoms with Crippen LogP contribution in [-0.2, 0) is 17.1 Å². The van der Waals surface area contributed by atoms with Crippen LogP contribution in [0, 0.1) is 0 Å². The maximum Gasteiger partial charge on any atom is 0.260 e. The van der Waals surface area contributed by atoms with E-state index in [2.05, 4.69) is 9.71 Å². The Bertz CT molecular complexity index is 436. The van der Waals surface area contributed by atoms with Crippen LogP contribution in [0.4, 0.5) is 0 Å². The predicted molar refractivity (Wildman–Crippen MR) is 54.7 cm³/mol. The van der Waals surface area contributed by atoms with Gasteiger partial charge in [0.2, 0.25) is 0 Å². The average Bonchev–Trinajstić information content (AvgIpc) is 2.51. The molecule has 0 aliphatic carbocycles. The van der Waals surface area contributed by atoms with Gasteiger partial charge in [0.15, 0.2) is 5.03 Å². The van der Waals surface area contributed by atoms with E-state index in [1.165, 1.54) is 12.5 Å². The van der Waals surface area contributed by atoms with E-state index in [-0.39, 0.29) is 11.6 Å². The number of sulfonamides is 1. The minimum Gasteiger partial charge on any atom is -0.394 e. The highest BCUT2D eigenvalue weighted by Gasteiger charge is 2.26. The second-order valence-corrected chi connectivity index (χ2v) is 5.65. The lowest BCUT2D eigenvalue weighted by molar-refractivity contribution is 0.208. The van der Waals surface area contributed by atoms with Crippen LogP contribution >= 0.6 is 0 Å². The standard InChI is InChI=1S/C8H15N3O3S/c1-8(2,5-12)10-15(13,14)7-4-11(3)6-9-7/h4,6,10,12H,5H2,1-3H3. The van der Waals surface area contributed by atoms with Crippen molar-refractivity contribution in [2.75, 3.05) is 6.61 Å². The number of rotatable bonds is 4. The van der Waals surface area contributed by atoms with Crippen LogP contribution in [0.3, 0.4) is 0 Å². The SMILES string of the molecule is Cn1cnc(S(=O)(=O)NC(C)(C)CO)c1. The van der Waals surface area contributed by atoms with Crippen LogP contribution in [0.1, 0.15) is 13.8 Å². The quantitative estimate of drug-likeness (QED) is 0.732. The molecule has 0 aliphatic rings. The number of aliphatic hydroxyl groups excluding tert-OH is 1. The molecule has 0 aliphatic heterocycles. The highest BCUT2D eigenvalue weighted by molar-refractivity contribution is 7.89. The molecule has 1 aromatic rings. The number of aryl methyl sites for hydroxylation is 1. The van der Waals surface area contributed by atoms with E-state index in [1.54, 1.807) is 25.5 Å². The van der Waals surface area contributed by atoms with Crippen LogP contribution in [0.5, 0.6) is 0 Å². The highest BCUT2D eigenvalue weighted by Crippen LogP contribution is 2.09. The van der Waals surface area contributed by atoms with Gasteiger partial charge >= 0.3 is 0 Å². The fourth-order valence-corrected chi connectivity index (χ4v) is 2.36. The molecule has 15 heavy (non-hydrogen) atoms. The molecule has 1 rings (SSSR count). The van der Waals surface area contributed by atoms with Crippen LogP contribution in [0.2, 0.25) is 0 Å². The summed E-state index contributed by atoms with van der Waals surface area (Å²) in [6, 6.07) is 0. The van der Waals surface area contributed by atoms with E-state index in [0.29, 0.717) is 0 Å². The Morgan fingerprint density at radius 2 is 2.20 bits per heavy atom. The summed E-state index contributed by atoms with van der Waals surface area (Å²) >= 11 is 0. The van der Waals surface area contributed by atoms with Crippen LogP contribution < -0.4 is 4.72 Å². The number of aromatic nitrogens is 2. The molecule has 0 spiro atoms. The van der Waals surface area contributed by atoms with Gasteiger partial charge in [0, 0.05) is 13.2 Å². The summed E-state index contributed by atoms with van der Waals surface area (Å²) in [4.78, 5) is 3.74. The van der Waals surface area contributed by atoms with E-state index in [9.17, 15) is 8.42 Å². The Morgan fingerprint density at radius 3 is 2.60 bits per heavy atom. The molecule has 0 bridgehead atoms. The molecule has 6 nitrogen and oxygen atoms in total. The van der Waals surface area contributed by atoms with E-state index in [4.69, 9.17) is 5.11 Å². The van der Waals surface area contributed by atoms with Gasteiger partial charge in [-0.05, 0) is 13.8 Å². The van der Waals surface area contributed by atoms with Gasteiger partial charge in [0.05, 0.1) is 18.5 Å². The van der Waals surface area contributed by atoms with Gasteiger partial charge in [-0.2, -0.15) is 0 Å². The maximum absolute atomic E-state index is 11.7. The van der Waals surface area contributed by atoms with Gasteiger partial charge in [-0.1, -0.05) is 0 Å². The molecule has 2 N–H and O–H groups in total. The van der Waals surface area contributed by atoms with E-state index >= 15 is 0 Å². The fraction of sp³-hybridized carbons (Fsp3) is 0.625. The third kappa shape index (κ3) is 3.01. The van der Waals surface area contributed by atoms with Crippen molar-refractivity contribution < 1.29 is 13.5 Å². The summed E-state index contributed by atoms with van der Waals surface area (Å²) in [6.45, 7) is 2.90. The molecule has 0 amide bonds. The third-order valence-corrected chi connectivity index (χ3v) is 3.35. The second kappa shape index (κ2) is 3.92. The molecule has 1 heterocycles. The van der Waals surface area contributed by atoms with Crippen molar-refractivity contribution in [3.63, 3.8) is 0 Å². The van der Waals surface area contributed by atoms with Gasteiger partial charge in [-0.25, -0.2) is 18.1 Å². The lowest BCUT2D eigenvalue weighted by atomic mass is 10.1. The zero-order valence-corrected chi connectivity index (χ0v) is 9.74. The summed E-state index contributed by atoms with van der Waals surface area (Å²) < 4.78 is 27.3. The maximum atomic E-state index is 11.7. The first-order valence-corrected chi connectivity index (χ1v) is 5.88. The van der Waals surface area contributed by atoms with Gasteiger partial charge in [0.25, 0.3) is 10.0 Å². The normalized spacial score (nSPS) is 13.1. The van der Waals surface area contributed by atoms with Crippen molar-refractivity contribution in [2.24, 2.45) is 7.05 Å². The summed E-state index contributed by atoms with van der Waals surface area (Å²) in [7, 11) is -1.97. The van der Waals surface area contributed by atoms with Crippen molar-refractivity contribution in [3.8, 4) is 0 Å². The first kappa shape index (κ1) is 12.2. The molecule has 0 unspecified atom stereocenters. The molecule has 86 valence electrons. The Hall–Kier alpha value is -0.920. The van der Waals surface area contributed by atoms with Gasteiger partial charge in [0.1, 0.15) is 0 Å². The van der Waals surface area contributed by atoms with Crippen molar-refractivity contribution in [2.45, 2.75) is 24.4 Å². The molecule has 1 aromatic heterocycles. The fourth-order valence-electron chi connectivity index (χ4n) is 0.976. The van der Waals surface area contributed by atoms with Crippen LogP contribution in [0.15, 0.2) is 17.6 Å². The minimum atomic E-state index is -3.65. The summed E-state index contributed by atoms with van der Waals surface area (Å²) in [5.41, 5.74) is -0.893. The first-order valence-electron chi connectivity index (χ1n) is 4.40. The minimum absolute atomic E-state index is 0.0495. The van der Waals surface area contributed by atoms with Gasteiger partial charge < -0.3 is 9.67 Å². The number of aliphatic hydroxyl groups is 1. The largest absolute Gasteiger partial charge is 0.394 e. The van der Waals surface area contributed by atoms with Crippen molar-refractivity contribution >= 4 is 10.0 Å². The summed E-state index contributed by atoms with van der Waals surface area (Å²) in [5.74, 6) is 0. The Kier molecular flexibility index (Phi) is 3.17. The topological polar surface area (TPSA) is 84.2 Å². The molecule has 7 heteroatoms. The van der Waals surface area contributed by atoms with Gasteiger partial charge in [-0.3, -0.25) is 0 Å². The van der Waals surface area contributed by atoms with Crippen molar-refractivity contribution in [3.05, 3.63) is 12.5 Å². The van der Waals surface area contributed by atoms with Crippen molar-refractivity contribution in [1.82, 2.24) is 14.3 Å². The molecular weight excluding hydrogens is 218 g/mol. The van der Waals surface area contributed by atoms with Crippen molar-refractivity contribution in [1.29, 1.82) is 0 Å². The van der Waals surface area contributed by atoms with E-state index in [1.807, 2.05) is 0 Å². The van der Waals surface area contributed by atoms with Crippen LogP contribution in [0.25, 0.3) is 0 Å². The zero-order valence-electron chi connectivity index (χ0n) is 8.93. The average molecular weight is 233 g/mol. The van der Waals surface area contributed by atoms with E-state index in [0.717, 1.165) is 0 Å². The number of imidazole rings is 1. The zero-order chi connectivity index (χ0) is 11.7. The molecule has 0 atom stereocenters. The number of hydrogen-bond acceptors (Lipinski definition) is 4. The molecule has 0 saturated carbocycles. The van der Waals surface area contributed by atoms with Crippen LogP contribution in [-0.4, -0.2) is 35.2 Å².